The first-order chi connectivity index (χ1) is 21.2. The molecule has 6 rings (SSSR count). The summed E-state index contributed by atoms with van der Waals surface area (Å²) in [5, 5.41) is 35.2. The lowest BCUT2D eigenvalue weighted by atomic mass is 9.84. The van der Waals surface area contributed by atoms with Crippen LogP contribution in [0.25, 0.3) is 0 Å². The SMILES string of the molecule is C=C1N[C@H]2[C@H](CN3C(=O)CCC3=O)N=C(NC(=O)OCC(Cl)(Cl)Cl)N3C[C@H](NC(=O)c4cccc5c4CCCC5)C(O)(O)[C@]23N1. The average Bonchev–Trinajstić information content (AvgIpc) is 3.58. The highest BCUT2D eigenvalue weighted by Crippen LogP contribution is 2.45. The second-order valence-corrected chi connectivity index (χ2v) is 14.3. The number of aliphatic imine (C=N–C) groups is 1. The van der Waals surface area contributed by atoms with Crippen LogP contribution in [0.5, 0.6) is 0 Å². The van der Waals surface area contributed by atoms with Crippen molar-refractivity contribution in [2.24, 2.45) is 4.99 Å². The molecule has 0 aromatic heterocycles. The van der Waals surface area contributed by atoms with Crippen LogP contribution in [0.3, 0.4) is 0 Å². The second-order valence-electron chi connectivity index (χ2n) is 11.7. The molecule has 1 aromatic rings. The van der Waals surface area contributed by atoms with E-state index in [4.69, 9.17) is 39.5 Å². The number of nitrogens with zero attached hydrogens (tertiary/aromatic N) is 3. The van der Waals surface area contributed by atoms with E-state index in [0.717, 1.165) is 41.7 Å². The number of benzene rings is 1. The summed E-state index contributed by atoms with van der Waals surface area (Å²) in [6, 6.07) is 2.13. The lowest BCUT2D eigenvalue weighted by Crippen LogP contribution is -2.78. The minimum Gasteiger partial charge on any atom is -0.445 e. The number of ether oxygens (including phenoxy) is 1. The molecule has 0 saturated carbocycles. The molecule has 3 fully saturated rings. The molecule has 0 radical (unpaired) electrons. The molecule has 1 spiro atoms. The number of hydrogen-bond donors (Lipinski definition) is 6. The smallest absolute Gasteiger partial charge is 0.414 e. The summed E-state index contributed by atoms with van der Waals surface area (Å²) in [6.07, 6.45) is 2.52. The van der Waals surface area contributed by atoms with Gasteiger partial charge < -0.3 is 35.8 Å². The van der Waals surface area contributed by atoms with E-state index in [1.54, 1.807) is 12.1 Å². The van der Waals surface area contributed by atoms with Gasteiger partial charge in [0, 0.05) is 24.9 Å². The van der Waals surface area contributed by atoms with Crippen LogP contribution in [0.2, 0.25) is 0 Å². The van der Waals surface area contributed by atoms with Gasteiger partial charge in [-0.1, -0.05) is 53.5 Å². The van der Waals surface area contributed by atoms with E-state index in [2.05, 4.69) is 32.8 Å². The van der Waals surface area contributed by atoms with Crippen LogP contribution in [-0.2, 0) is 27.2 Å². The highest BCUT2D eigenvalue weighted by Gasteiger charge is 2.74. The normalized spacial score (nSPS) is 28.4. The van der Waals surface area contributed by atoms with E-state index in [-0.39, 0.29) is 37.7 Å². The van der Waals surface area contributed by atoms with Gasteiger partial charge in [-0.25, -0.2) is 9.79 Å². The largest absolute Gasteiger partial charge is 0.445 e. The number of halogens is 3. The lowest BCUT2D eigenvalue weighted by molar-refractivity contribution is -0.231. The Morgan fingerprint density at radius 1 is 1.13 bits per heavy atom. The van der Waals surface area contributed by atoms with Gasteiger partial charge in [0.2, 0.25) is 27.4 Å². The molecule has 5 aliphatic rings. The van der Waals surface area contributed by atoms with Gasteiger partial charge in [-0.3, -0.25) is 24.6 Å². The van der Waals surface area contributed by atoms with E-state index < -0.39 is 63.8 Å². The number of carbonyl (C=O) groups is 4. The number of aryl methyl sites for hydroxylation is 1. The Labute approximate surface area is 273 Å². The molecule has 242 valence electrons. The van der Waals surface area contributed by atoms with E-state index in [1.807, 2.05) is 6.07 Å². The Bertz CT molecular complexity index is 1480. The number of aliphatic hydroxyl groups is 2. The maximum atomic E-state index is 13.7. The van der Waals surface area contributed by atoms with Gasteiger partial charge in [-0.15, -0.1) is 0 Å². The highest BCUT2D eigenvalue weighted by molar-refractivity contribution is 6.67. The minimum absolute atomic E-state index is 0.0330. The van der Waals surface area contributed by atoms with Crippen molar-refractivity contribution in [3.63, 3.8) is 0 Å². The van der Waals surface area contributed by atoms with Crippen LogP contribution in [0.4, 0.5) is 4.79 Å². The highest BCUT2D eigenvalue weighted by atomic mass is 35.6. The number of imide groups is 1. The molecule has 0 bridgehead atoms. The van der Waals surface area contributed by atoms with Crippen molar-refractivity contribution in [2.45, 2.75) is 71.9 Å². The number of guanidine groups is 1. The summed E-state index contributed by atoms with van der Waals surface area (Å²) in [5.74, 6) is -4.06. The summed E-state index contributed by atoms with van der Waals surface area (Å²) in [5.41, 5.74) is 0.544. The van der Waals surface area contributed by atoms with Crippen LogP contribution in [-0.4, -0.2) is 103 Å². The second kappa shape index (κ2) is 11.5. The fraction of sp³-hybridized carbons (Fsp3) is 0.536. The number of nitrogens with one attached hydrogen (secondary N) is 4. The summed E-state index contributed by atoms with van der Waals surface area (Å²) in [6.45, 7) is 2.82. The molecule has 6 N–H and O–H groups in total. The quantitative estimate of drug-likeness (QED) is 0.144. The van der Waals surface area contributed by atoms with Crippen molar-refractivity contribution in [3.05, 3.63) is 47.3 Å². The first-order valence-electron chi connectivity index (χ1n) is 14.5. The van der Waals surface area contributed by atoms with Crippen molar-refractivity contribution >= 4 is 64.6 Å². The van der Waals surface area contributed by atoms with Gasteiger partial charge in [0.25, 0.3) is 5.91 Å². The monoisotopic (exact) mass is 683 g/mol. The molecule has 1 aliphatic carbocycles. The third kappa shape index (κ3) is 5.56. The average molecular weight is 685 g/mol. The van der Waals surface area contributed by atoms with E-state index in [0.29, 0.717) is 5.56 Å². The maximum absolute atomic E-state index is 13.7. The summed E-state index contributed by atoms with van der Waals surface area (Å²) in [7, 11) is 0. The molecule has 4 heterocycles. The Morgan fingerprint density at radius 2 is 1.84 bits per heavy atom. The van der Waals surface area contributed by atoms with Crippen LogP contribution >= 0.6 is 34.8 Å². The number of rotatable bonds is 5. The number of alkyl halides is 3. The number of carbonyl (C=O) groups excluding carboxylic acids is 4. The third-order valence-corrected chi connectivity index (χ3v) is 9.27. The number of alkyl carbamates (subject to hydrolysis) is 1. The van der Waals surface area contributed by atoms with Gasteiger partial charge >= 0.3 is 6.09 Å². The van der Waals surface area contributed by atoms with Gasteiger partial charge in [-0.2, -0.15) is 0 Å². The summed E-state index contributed by atoms with van der Waals surface area (Å²) in [4.78, 5) is 58.6. The topological polar surface area (TPSA) is 185 Å². The van der Waals surface area contributed by atoms with E-state index in [9.17, 15) is 29.4 Å². The Hall–Kier alpha value is -3.30. The molecule has 4 aliphatic heterocycles. The third-order valence-electron chi connectivity index (χ3n) is 8.94. The fourth-order valence-electron chi connectivity index (χ4n) is 6.95. The zero-order valence-corrected chi connectivity index (χ0v) is 26.2. The van der Waals surface area contributed by atoms with Crippen LogP contribution in [0.15, 0.2) is 35.6 Å². The molecule has 17 heteroatoms. The Kier molecular flexibility index (Phi) is 8.09. The van der Waals surface area contributed by atoms with Gasteiger partial charge in [0.05, 0.1) is 24.4 Å². The maximum Gasteiger partial charge on any atom is 0.414 e. The predicted molar refractivity (Wildman–Crippen MR) is 162 cm³/mol. The first-order valence-corrected chi connectivity index (χ1v) is 15.6. The zero-order valence-electron chi connectivity index (χ0n) is 23.9. The van der Waals surface area contributed by atoms with E-state index >= 15 is 0 Å². The molecule has 0 unspecified atom stereocenters. The van der Waals surface area contributed by atoms with Crippen LogP contribution in [0, 0.1) is 0 Å². The van der Waals surface area contributed by atoms with Crippen molar-refractivity contribution in [2.75, 3.05) is 19.7 Å². The molecule has 3 saturated heterocycles. The molecule has 45 heavy (non-hydrogen) atoms. The first kappa shape index (κ1) is 31.7. The van der Waals surface area contributed by atoms with Crippen molar-refractivity contribution in [1.29, 1.82) is 0 Å². The van der Waals surface area contributed by atoms with Crippen molar-refractivity contribution in [3.8, 4) is 0 Å². The zero-order chi connectivity index (χ0) is 32.3. The molecule has 4 amide bonds. The van der Waals surface area contributed by atoms with Gasteiger partial charge in [0.1, 0.15) is 12.6 Å². The standard InChI is InChI=1S/C28H32Cl3N7O7/c1-14-32-22-18(11-37-20(39)9-10-21(37)40)33-24(35-25(42)45-13-26(29,30)31)38-12-19(28(43,44)27(22,38)36-14)34-23(41)17-8-4-6-15-5-2-3-7-16(15)17/h4,6,8,18-19,22,32,36,43-44H,1-3,5,7,9-13H2,(H,34,41)(H,33,35,42)/t18-,19-,22-,27-/m0/s1. The molecular formula is C28H32Cl3N7O7. The molecule has 4 atom stereocenters. The van der Waals surface area contributed by atoms with E-state index in [1.165, 1.54) is 4.90 Å². The summed E-state index contributed by atoms with van der Waals surface area (Å²) >= 11 is 17.2. The van der Waals surface area contributed by atoms with Gasteiger partial charge in [0.15, 0.2) is 5.66 Å². The van der Waals surface area contributed by atoms with Crippen LogP contribution < -0.4 is 21.3 Å². The van der Waals surface area contributed by atoms with Gasteiger partial charge in [-0.05, 0) is 42.9 Å². The Morgan fingerprint density at radius 3 is 2.56 bits per heavy atom. The fourth-order valence-corrected chi connectivity index (χ4v) is 7.11. The minimum atomic E-state index is -2.73. The van der Waals surface area contributed by atoms with Crippen molar-refractivity contribution < 1.29 is 34.1 Å². The molecule has 1 aromatic carbocycles. The molecular weight excluding hydrogens is 653 g/mol. The lowest BCUT2D eigenvalue weighted by Gasteiger charge is -2.49. The molecule has 14 nitrogen and oxygen atoms in total. The summed E-state index contributed by atoms with van der Waals surface area (Å²) < 4.78 is 3.12. The number of fused-ring (bicyclic) bond motifs is 1. The number of amides is 4. The Balaban J connectivity index is 1.35. The number of likely N-dealkylation sites (tertiary alicyclic amines) is 1. The van der Waals surface area contributed by atoms with Crippen molar-refractivity contribution in [1.82, 2.24) is 31.1 Å². The number of hydrogen-bond acceptors (Lipinski definition) is 11. The predicted octanol–water partition coefficient (Wildman–Crippen LogP) is 0.373. The van der Waals surface area contributed by atoms with Crippen LogP contribution in [0.1, 0.15) is 47.2 Å².